The molecule has 98 valence electrons. The number of anilines is 1. The molecule has 1 N–H and O–H groups in total. The molecule has 8 nitrogen and oxygen atoms in total. The maximum Gasteiger partial charge on any atom is 0.372 e. The van der Waals surface area contributed by atoms with E-state index in [2.05, 4.69) is 15.3 Å². The summed E-state index contributed by atoms with van der Waals surface area (Å²) in [6.45, 7) is 1.69. The largest absolute Gasteiger partial charge is 0.472 e. The van der Waals surface area contributed by atoms with E-state index in [0.717, 1.165) is 6.42 Å². The molecule has 0 aliphatic carbocycles. The molecule has 0 saturated carbocycles. The molecule has 0 aromatic carbocycles. The predicted octanol–water partition coefficient (Wildman–Crippen LogP) is 0.842. The van der Waals surface area contributed by atoms with Crippen LogP contribution in [0.1, 0.15) is 6.42 Å². The standard InChI is InChI=1S/C10H14N4O4/c1-11-9-8(14(15)16)10(13-6-12-9)18-5-7-2-3-17-4-7/h6-7H,2-5H2,1H3,(H,11,12,13). The van der Waals surface area contributed by atoms with Crippen LogP contribution in [0.2, 0.25) is 0 Å². The maximum absolute atomic E-state index is 11.0. The molecular formula is C10H14N4O4. The molecule has 18 heavy (non-hydrogen) atoms. The SMILES string of the molecule is CNc1ncnc(OCC2CCOC2)c1[N+](=O)[O-]. The zero-order valence-electron chi connectivity index (χ0n) is 9.96. The van der Waals surface area contributed by atoms with Crippen LogP contribution in [0.25, 0.3) is 0 Å². The molecule has 2 rings (SSSR count). The van der Waals surface area contributed by atoms with E-state index in [1.54, 1.807) is 7.05 Å². The van der Waals surface area contributed by atoms with Crippen LogP contribution in [0.5, 0.6) is 5.88 Å². The first-order chi connectivity index (χ1) is 8.72. The van der Waals surface area contributed by atoms with Gasteiger partial charge in [0.1, 0.15) is 6.33 Å². The molecule has 1 fully saturated rings. The number of rotatable bonds is 5. The molecule has 8 heteroatoms. The number of nitro groups is 1. The molecule has 1 aliphatic heterocycles. The van der Waals surface area contributed by atoms with E-state index >= 15 is 0 Å². The Balaban J connectivity index is 2.13. The van der Waals surface area contributed by atoms with Gasteiger partial charge in [-0.15, -0.1) is 0 Å². The van der Waals surface area contributed by atoms with Gasteiger partial charge in [-0.05, 0) is 6.42 Å². The number of hydrogen-bond donors (Lipinski definition) is 1. The Morgan fingerprint density at radius 1 is 1.67 bits per heavy atom. The quantitative estimate of drug-likeness (QED) is 0.613. The minimum Gasteiger partial charge on any atom is -0.472 e. The Bertz CT molecular complexity index is 434. The van der Waals surface area contributed by atoms with Crippen LogP contribution < -0.4 is 10.1 Å². The van der Waals surface area contributed by atoms with E-state index in [1.165, 1.54) is 6.33 Å². The first-order valence-corrected chi connectivity index (χ1v) is 5.60. The van der Waals surface area contributed by atoms with Gasteiger partial charge in [0.2, 0.25) is 5.82 Å². The highest BCUT2D eigenvalue weighted by Gasteiger charge is 2.25. The monoisotopic (exact) mass is 254 g/mol. The lowest BCUT2D eigenvalue weighted by atomic mass is 10.1. The average Bonchev–Trinajstić information content (AvgIpc) is 2.88. The third kappa shape index (κ3) is 2.65. The van der Waals surface area contributed by atoms with Gasteiger partial charge in [-0.3, -0.25) is 10.1 Å². The molecule has 1 saturated heterocycles. The Hall–Kier alpha value is -1.96. The fraction of sp³-hybridized carbons (Fsp3) is 0.600. The number of hydrogen-bond acceptors (Lipinski definition) is 7. The normalized spacial score (nSPS) is 18.6. The summed E-state index contributed by atoms with van der Waals surface area (Å²) in [6.07, 6.45) is 2.14. The number of aromatic nitrogens is 2. The highest BCUT2D eigenvalue weighted by molar-refractivity contribution is 5.60. The van der Waals surface area contributed by atoms with Crippen LogP contribution >= 0.6 is 0 Å². The van der Waals surface area contributed by atoms with Crippen LogP contribution in [0.15, 0.2) is 6.33 Å². The Morgan fingerprint density at radius 2 is 2.50 bits per heavy atom. The average molecular weight is 254 g/mol. The van der Waals surface area contributed by atoms with Gasteiger partial charge in [-0.25, -0.2) is 4.98 Å². The molecular weight excluding hydrogens is 240 g/mol. The molecule has 0 bridgehead atoms. The fourth-order valence-electron chi connectivity index (χ4n) is 1.73. The molecule has 0 radical (unpaired) electrons. The van der Waals surface area contributed by atoms with Crippen molar-refractivity contribution in [1.29, 1.82) is 0 Å². The summed E-state index contributed by atoms with van der Waals surface area (Å²) < 4.78 is 10.6. The Morgan fingerprint density at radius 3 is 3.11 bits per heavy atom. The predicted molar refractivity (Wildman–Crippen MR) is 62.7 cm³/mol. The van der Waals surface area contributed by atoms with Crippen molar-refractivity contribution in [3.63, 3.8) is 0 Å². The first-order valence-electron chi connectivity index (χ1n) is 5.60. The van der Waals surface area contributed by atoms with E-state index in [9.17, 15) is 10.1 Å². The van der Waals surface area contributed by atoms with Gasteiger partial charge < -0.3 is 14.8 Å². The van der Waals surface area contributed by atoms with Crippen LogP contribution in [-0.4, -0.2) is 41.8 Å². The van der Waals surface area contributed by atoms with Crippen molar-refractivity contribution in [2.45, 2.75) is 6.42 Å². The van der Waals surface area contributed by atoms with E-state index in [1.807, 2.05) is 0 Å². The summed E-state index contributed by atoms with van der Waals surface area (Å²) in [7, 11) is 1.56. The van der Waals surface area contributed by atoms with E-state index in [0.29, 0.717) is 19.8 Å². The first kappa shape index (κ1) is 12.5. The second-order valence-corrected chi connectivity index (χ2v) is 3.92. The number of ether oxygens (including phenoxy) is 2. The lowest BCUT2D eigenvalue weighted by molar-refractivity contribution is -0.385. The van der Waals surface area contributed by atoms with Gasteiger partial charge in [0.25, 0.3) is 5.88 Å². The molecule has 1 unspecified atom stereocenters. The summed E-state index contributed by atoms with van der Waals surface area (Å²) in [5, 5.41) is 13.6. The minimum atomic E-state index is -0.549. The van der Waals surface area contributed by atoms with Crippen molar-refractivity contribution >= 4 is 11.5 Å². The zero-order chi connectivity index (χ0) is 13.0. The summed E-state index contributed by atoms with van der Waals surface area (Å²) in [5.41, 5.74) is -0.237. The van der Waals surface area contributed by atoms with Gasteiger partial charge in [0, 0.05) is 19.6 Å². The van der Waals surface area contributed by atoms with Crippen LogP contribution in [-0.2, 0) is 4.74 Å². The van der Waals surface area contributed by atoms with E-state index < -0.39 is 4.92 Å². The van der Waals surface area contributed by atoms with Crippen molar-refractivity contribution in [2.24, 2.45) is 5.92 Å². The van der Waals surface area contributed by atoms with Gasteiger partial charge >= 0.3 is 5.69 Å². The second kappa shape index (κ2) is 5.58. The zero-order valence-corrected chi connectivity index (χ0v) is 9.96. The highest BCUT2D eigenvalue weighted by atomic mass is 16.6. The number of nitrogens with zero attached hydrogens (tertiary/aromatic N) is 3. The summed E-state index contributed by atoms with van der Waals surface area (Å²) >= 11 is 0. The van der Waals surface area contributed by atoms with E-state index in [4.69, 9.17) is 9.47 Å². The molecule has 0 amide bonds. The topological polar surface area (TPSA) is 99.4 Å². The molecule has 2 heterocycles. The van der Waals surface area contributed by atoms with Crippen molar-refractivity contribution in [1.82, 2.24) is 9.97 Å². The van der Waals surface area contributed by atoms with Crippen molar-refractivity contribution in [2.75, 3.05) is 32.2 Å². The molecule has 1 aromatic rings. The van der Waals surface area contributed by atoms with E-state index in [-0.39, 0.29) is 23.3 Å². The third-order valence-electron chi connectivity index (χ3n) is 2.69. The Labute approximate surface area is 103 Å². The fourth-order valence-corrected chi connectivity index (χ4v) is 1.73. The van der Waals surface area contributed by atoms with Gasteiger partial charge in [0.05, 0.1) is 18.1 Å². The Kier molecular flexibility index (Phi) is 3.88. The number of nitrogens with one attached hydrogen (secondary N) is 1. The molecule has 1 aromatic heterocycles. The minimum absolute atomic E-state index is 0.00810. The van der Waals surface area contributed by atoms with Crippen LogP contribution in [0.3, 0.4) is 0 Å². The maximum atomic E-state index is 11.0. The molecule has 1 aliphatic rings. The summed E-state index contributed by atoms with van der Waals surface area (Å²) in [4.78, 5) is 18.0. The molecule has 1 atom stereocenters. The van der Waals surface area contributed by atoms with Crippen LogP contribution in [0, 0.1) is 16.0 Å². The van der Waals surface area contributed by atoms with Crippen molar-refractivity contribution < 1.29 is 14.4 Å². The lowest BCUT2D eigenvalue weighted by Gasteiger charge is -2.10. The second-order valence-electron chi connectivity index (χ2n) is 3.92. The third-order valence-corrected chi connectivity index (χ3v) is 2.69. The van der Waals surface area contributed by atoms with Gasteiger partial charge in [-0.2, -0.15) is 4.98 Å². The summed E-state index contributed by atoms with van der Waals surface area (Å²) in [5.74, 6) is 0.400. The van der Waals surface area contributed by atoms with Crippen molar-refractivity contribution in [3.8, 4) is 5.88 Å². The lowest BCUT2D eigenvalue weighted by Crippen LogP contribution is -2.14. The smallest absolute Gasteiger partial charge is 0.372 e. The summed E-state index contributed by atoms with van der Waals surface area (Å²) in [6, 6.07) is 0. The highest BCUT2D eigenvalue weighted by Crippen LogP contribution is 2.30. The van der Waals surface area contributed by atoms with Gasteiger partial charge in [-0.1, -0.05) is 0 Å². The van der Waals surface area contributed by atoms with Gasteiger partial charge in [0.15, 0.2) is 0 Å². The van der Waals surface area contributed by atoms with Crippen molar-refractivity contribution in [3.05, 3.63) is 16.4 Å². The molecule has 0 spiro atoms. The van der Waals surface area contributed by atoms with Crippen LogP contribution in [0.4, 0.5) is 11.5 Å².